The zero-order valence-electron chi connectivity index (χ0n) is 11.5. The Kier molecular flexibility index (Phi) is 3.92. The second-order valence-corrected chi connectivity index (χ2v) is 6.00. The summed E-state index contributed by atoms with van der Waals surface area (Å²) in [5.41, 5.74) is 0. The molecule has 0 radical (unpaired) electrons. The van der Waals surface area contributed by atoms with Gasteiger partial charge in [0.1, 0.15) is 0 Å². The van der Waals surface area contributed by atoms with Crippen LogP contribution in [0.4, 0.5) is 0 Å². The van der Waals surface area contributed by atoms with E-state index < -0.39 is 5.97 Å². The molecule has 0 aromatic rings. The summed E-state index contributed by atoms with van der Waals surface area (Å²) in [5, 5.41) is 8.73. The number of rotatable bonds is 7. The number of fused-ring (bicyclic) bond motifs is 1. The van der Waals surface area contributed by atoms with Crippen molar-refractivity contribution in [2.75, 3.05) is 6.54 Å². The average molecular weight is 267 g/mol. The topological polar surface area (TPSA) is 74.7 Å². The van der Waals surface area contributed by atoms with Crippen molar-refractivity contribution in [3.05, 3.63) is 0 Å². The van der Waals surface area contributed by atoms with E-state index in [9.17, 15) is 14.4 Å². The Morgan fingerprint density at radius 3 is 2.32 bits per heavy atom. The van der Waals surface area contributed by atoms with Crippen LogP contribution in [0.2, 0.25) is 0 Å². The molecule has 3 atom stereocenters. The average Bonchev–Trinajstić information content (AvgIpc) is 3.07. The third-order valence-corrected chi connectivity index (χ3v) is 4.35. The summed E-state index contributed by atoms with van der Waals surface area (Å²) in [7, 11) is 0. The van der Waals surface area contributed by atoms with Gasteiger partial charge in [0.15, 0.2) is 0 Å². The Bertz CT molecular complexity index is 384. The normalized spacial score (nSPS) is 26.8. The first-order valence-corrected chi connectivity index (χ1v) is 6.98. The molecule has 3 unspecified atom stereocenters. The summed E-state index contributed by atoms with van der Waals surface area (Å²) in [6, 6.07) is 0. The van der Waals surface area contributed by atoms with Crippen molar-refractivity contribution >= 4 is 17.8 Å². The van der Waals surface area contributed by atoms with Crippen molar-refractivity contribution in [1.82, 2.24) is 4.90 Å². The summed E-state index contributed by atoms with van der Waals surface area (Å²) in [4.78, 5) is 35.6. The highest BCUT2D eigenvalue weighted by Crippen LogP contribution is 2.47. The molecule has 19 heavy (non-hydrogen) atoms. The molecule has 1 saturated heterocycles. The van der Waals surface area contributed by atoms with Crippen molar-refractivity contribution in [3.8, 4) is 0 Å². The zero-order chi connectivity index (χ0) is 14.2. The van der Waals surface area contributed by atoms with Gasteiger partial charge >= 0.3 is 5.97 Å². The maximum Gasteiger partial charge on any atom is 0.303 e. The van der Waals surface area contributed by atoms with Crippen LogP contribution in [0.5, 0.6) is 0 Å². The number of hydrogen-bond acceptors (Lipinski definition) is 3. The highest BCUT2D eigenvalue weighted by Gasteiger charge is 2.58. The smallest absolute Gasteiger partial charge is 0.303 e. The number of nitrogens with zero attached hydrogens (tertiary/aromatic N) is 1. The van der Waals surface area contributed by atoms with Crippen molar-refractivity contribution in [2.24, 2.45) is 23.7 Å². The number of piperidine rings is 1. The lowest BCUT2D eigenvalue weighted by atomic mass is 9.88. The van der Waals surface area contributed by atoms with Gasteiger partial charge in [0.2, 0.25) is 11.8 Å². The Labute approximate surface area is 113 Å². The molecule has 5 nitrogen and oxygen atoms in total. The predicted octanol–water partition coefficient (Wildman–Crippen LogP) is 1.52. The van der Waals surface area contributed by atoms with Crippen LogP contribution in [0.15, 0.2) is 0 Å². The standard InChI is InChI=1S/C14H21NO4/c1-8(2)9(3-4-12(16)17)5-6-15-13(18)10-7-11(10)14(15)19/h8-11H,3-7H2,1-2H3,(H,16,17). The molecule has 1 heterocycles. The fourth-order valence-corrected chi connectivity index (χ4v) is 2.88. The van der Waals surface area contributed by atoms with Gasteiger partial charge in [0.05, 0.1) is 11.8 Å². The second-order valence-electron chi connectivity index (χ2n) is 6.00. The first-order chi connectivity index (χ1) is 8.91. The van der Waals surface area contributed by atoms with Gasteiger partial charge in [-0.15, -0.1) is 0 Å². The molecule has 1 aliphatic carbocycles. The third kappa shape index (κ3) is 2.96. The molecule has 2 amide bonds. The van der Waals surface area contributed by atoms with Crippen LogP contribution in [0.1, 0.15) is 39.5 Å². The minimum atomic E-state index is -0.791. The molecular formula is C14H21NO4. The molecule has 1 saturated carbocycles. The van der Waals surface area contributed by atoms with E-state index in [1.165, 1.54) is 4.90 Å². The van der Waals surface area contributed by atoms with Crippen LogP contribution in [0.3, 0.4) is 0 Å². The maximum atomic E-state index is 11.8. The molecule has 1 aliphatic heterocycles. The molecule has 2 rings (SSSR count). The van der Waals surface area contributed by atoms with E-state index in [4.69, 9.17) is 5.11 Å². The van der Waals surface area contributed by atoms with Crippen molar-refractivity contribution in [2.45, 2.75) is 39.5 Å². The Morgan fingerprint density at radius 1 is 1.26 bits per heavy atom. The Hall–Kier alpha value is -1.39. The molecule has 0 aromatic carbocycles. The van der Waals surface area contributed by atoms with Gasteiger partial charge in [-0.25, -0.2) is 0 Å². The van der Waals surface area contributed by atoms with Gasteiger partial charge in [0, 0.05) is 13.0 Å². The molecule has 0 bridgehead atoms. The summed E-state index contributed by atoms with van der Waals surface area (Å²) < 4.78 is 0. The van der Waals surface area contributed by atoms with Crippen molar-refractivity contribution < 1.29 is 19.5 Å². The van der Waals surface area contributed by atoms with E-state index >= 15 is 0 Å². The number of imide groups is 1. The molecule has 0 aromatic heterocycles. The maximum absolute atomic E-state index is 11.8. The first kappa shape index (κ1) is 14.0. The Morgan fingerprint density at radius 2 is 1.84 bits per heavy atom. The number of carboxylic acid groups (broad SMARTS) is 1. The van der Waals surface area contributed by atoms with Gasteiger partial charge in [-0.3, -0.25) is 19.3 Å². The predicted molar refractivity (Wildman–Crippen MR) is 68.1 cm³/mol. The summed E-state index contributed by atoms with van der Waals surface area (Å²) in [5.74, 6) is -0.296. The van der Waals surface area contributed by atoms with E-state index in [0.29, 0.717) is 25.3 Å². The Balaban J connectivity index is 1.83. The molecule has 0 spiro atoms. The minimum Gasteiger partial charge on any atom is -0.481 e. The van der Waals surface area contributed by atoms with Gasteiger partial charge in [-0.1, -0.05) is 13.8 Å². The molecular weight excluding hydrogens is 246 g/mol. The monoisotopic (exact) mass is 267 g/mol. The SMILES string of the molecule is CC(C)C(CCC(=O)O)CCN1C(=O)C2CC2C1=O. The highest BCUT2D eigenvalue weighted by molar-refractivity contribution is 6.08. The fraction of sp³-hybridized carbons (Fsp3) is 0.786. The third-order valence-electron chi connectivity index (χ3n) is 4.35. The molecule has 1 N–H and O–H groups in total. The number of amides is 2. The molecule has 106 valence electrons. The van der Waals surface area contributed by atoms with E-state index in [2.05, 4.69) is 13.8 Å². The van der Waals surface area contributed by atoms with Crippen LogP contribution >= 0.6 is 0 Å². The first-order valence-electron chi connectivity index (χ1n) is 6.98. The van der Waals surface area contributed by atoms with Gasteiger partial charge < -0.3 is 5.11 Å². The number of carbonyl (C=O) groups excluding carboxylic acids is 2. The minimum absolute atomic E-state index is 0.0178. The van der Waals surface area contributed by atoms with Crippen molar-refractivity contribution in [1.29, 1.82) is 0 Å². The lowest BCUT2D eigenvalue weighted by Crippen LogP contribution is -2.35. The van der Waals surface area contributed by atoms with Crippen LogP contribution in [-0.2, 0) is 14.4 Å². The van der Waals surface area contributed by atoms with E-state index in [0.717, 1.165) is 6.42 Å². The summed E-state index contributed by atoms with van der Waals surface area (Å²) >= 11 is 0. The van der Waals surface area contributed by atoms with E-state index in [1.54, 1.807) is 0 Å². The van der Waals surface area contributed by atoms with Crippen LogP contribution < -0.4 is 0 Å². The summed E-state index contributed by atoms with van der Waals surface area (Å²) in [6.07, 6.45) is 2.20. The zero-order valence-corrected chi connectivity index (χ0v) is 11.5. The lowest BCUT2D eigenvalue weighted by molar-refractivity contribution is -0.142. The van der Waals surface area contributed by atoms with Gasteiger partial charge in [-0.2, -0.15) is 0 Å². The fourth-order valence-electron chi connectivity index (χ4n) is 2.88. The van der Waals surface area contributed by atoms with Crippen molar-refractivity contribution in [3.63, 3.8) is 0 Å². The molecule has 2 aliphatic rings. The number of aliphatic carboxylic acids is 1. The van der Waals surface area contributed by atoms with Gasteiger partial charge in [-0.05, 0) is 31.1 Å². The number of hydrogen-bond donors (Lipinski definition) is 1. The molecule has 5 heteroatoms. The molecule has 2 fully saturated rings. The second kappa shape index (κ2) is 5.31. The number of likely N-dealkylation sites (tertiary alicyclic amines) is 1. The number of carboxylic acids is 1. The highest BCUT2D eigenvalue weighted by atomic mass is 16.4. The van der Waals surface area contributed by atoms with Crippen LogP contribution in [-0.4, -0.2) is 34.3 Å². The largest absolute Gasteiger partial charge is 0.481 e. The summed E-state index contributed by atoms with van der Waals surface area (Å²) in [6.45, 7) is 4.56. The number of carbonyl (C=O) groups is 3. The quantitative estimate of drug-likeness (QED) is 0.710. The van der Waals surface area contributed by atoms with Crippen LogP contribution in [0, 0.1) is 23.7 Å². The van der Waals surface area contributed by atoms with E-state index in [1.807, 2.05) is 0 Å². The van der Waals surface area contributed by atoms with Gasteiger partial charge in [0.25, 0.3) is 0 Å². The lowest BCUT2D eigenvalue weighted by Gasteiger charge is -2.23. The van der Waals surface area contributed by atoms with Crippen LogP contribution in [0.25, 0.3) is 0 Å². The van der Waals surface area contributed by atoms with E-state index in [-0.39, 0.29) is 36.0 Å².